The lowest BCUT2D eigenvalue weighted by atomic mass is 10.0. The van der Waals surface area contributed by atoms with E-state index in [1.165, 1.54) is 18.2 Å². The average Bonchev–Trinajstić information content (AvgIpc) is 2.30. The van der Waals surface area contributed by atoms with Crippen LogP contribution in [0.2, 0.25) is 0 Å². The van der Waals surface area contributed by atoms with E-state index in [-0.39, 0.29) is 5.75 Å². The zero-order chi connectivity index (χ0) is 13.3. The third kappa shape index (κ3) is 2.22. The largest absolute Gasteiger partial charge is 0.508 e. The van der Waals surface area contributed by atoms with Crippen molar-refractivity contribution in [1.29, 1.82) is 0 Å². The van der Waals surface area contributed by atoms with Gasteiger partial charge in [0.15, 0.2) is 0 Å². The van der Waals surface area contributed by atoms with Crippen LogP contribution in [0.1, 0.15) is 19.4 Å². The van der Waals surface area contributed by atoms with Crippen molar-refractivity contribution >= 4 is 11.0 Å². The molecule has 1 heterocycles. The first-order chi connectivity index (χ1) is 8.49. The van der Waals surface area contributed by atoms with Crippen LogP contribution in [0.15, 0.2) is 39.1 Å². The Hall–Kier alpha value is -2.23. The molecule has 0 amide bonds. The van der Waals surface area contributed by atoms with Gasteiger partial charge in [0.2, 0.25) is 5.75 Å². The van der Waals surface area contributed by atoms with Crippen molar-refractivity contribution in [3.63, 3.8) is 0 Å². The molecule has 0 saturated heterocycles. The third-order valence-electron chi connectivity index (χ3n) is 2.70. The maximum atomic E-state index is 11.2. The normalized spacial score (nSPS) is 10.6. The van der Waals surface area contributed by atoms with Crippen molar-refractivity contribution in [2.24, 2.45) is 0 Å². The molecular formula is C14H14O4. The van der Waals surface area contributed by atoms with Gasteiger partial charge in [-0.2, -0.15) is 0 Å². The minimum atomic E-state index is -0.777. The van der Waals surface area contributed by atoms with Crippen molar-refractivity contribution < 1.29 is 14.6 Å². The maximum absolute atomic E-state index is 11.2. The number of allylic oxidation sites excluding steroid dienone is 2. The summed E-state index contributed by atoms with van der Waals surface area (Å²) in [5, 5.41) is 19.8. The first kappa shape index (κ1) is 12.2. The second-order valence-corrected chi connectivity index (χ2v) is 4.38. The molecule has 4 nitrogen and oxygen atoms in total. The molecule has 0 fully saturated rings. The number of phenols is 1. The van der Waals surface area contributed by atoms with Crippen molar-refractivity contribution in [2.75, 3.05) is 0 Å². The highest BCUT2D eigenvalue weighted by Gasteiger charge is 2.10. The molecule has 1 aromatic carbocycles. The second kappa shape index (κ2) is 4.56. The highest BCUT2D eigenvalue weighted by molar-refractivity contribution is 5.84. The summed E-state index contributed by atoms with van der Waals surface area (Å²) in [6.07, 6.45) is 2.47. The molecule has 2 N–H and O–H groups in total. The lowest BCUT2D eigenvalue weighted by Crippen LogP contribution is -1.98. The van der Waals surface area contributed by atoms with Gasteiger partial charge in [0.05, 0.1) is 0 Å². The third-order valence-corrected chi connectivity index (χ3v) is 2.70. The Kier molecular flexibility index (Phi) is 3.10. The van der Waals surface area contributed by atoms with Crippen LogP contribution in [0, 0.1) is 0 Å². The molecule has 4 heteroatoms. The summed E-state index contributed by atoms with van der Waals surface area (Å²) in [6.45, 7) is 3.92. The fourth-order valence-corrected chi connectivity index (χ4v) is 1.75. The summed E-state index contributed by atoms with van der Waals surface area (Å²) in [4.78, 5) is 11.2. The number of hydrogen-bond acceptors (Lipinski definition) is 4. The predicted octanol–water partition coefficient (Wildman–Crippen LogP) is 2.71. The van der Waals surface area contributed by atoms with Gasteiger partial charge in [0.1, 0.15) is 11.3 Å². The van der Waals surface area contributed by atoms with Crippen LogP contribution in [0.3, 0.4) is 0 Å². The highest BCUT2D eigenvalue weighted by Crippen LogP contribution is 2.29. The average molecular weight is 246 g/mol. The molecule has 0 radical (unpaired) electrons. The van der Waals surface area contributed by atoms with Gasteiger partial charge in [-0.1, -0.05) is 11.6 Å². The molecule has 2 aromatic rings. The molecule has 18 heavy (non-hydrogen) atoms. The van der Waals surface area contributed by atoms with Gasteiger partial charge in [-0.25, -0.2) is 4.79 Å². The van der Waals surface area contributed by atoms with Gasteiger partial charge in [0, 0.05) is 10.9 Å². The Morgan fingerprint density at radius 3 is 2.67 bits per heavy atom. The van der Waals surface area contributed by atoms with E-state index in [0.29, 0.717) is 23.0 Å². The molecule has 0 spiro atoms. The molecule has 0 aliphatic heterocycles. The lowest BCUT2D eigenvalue weighted by molar-refractivity contribution is 0.427. The summed E-state index contributed by atoms with van der Waals surface area (Å²) in [7, 11) is 0. The van der Waals surface area contributed by atoms with Gasteiger partial charge in [-0.3, -0.25) is 0 Å². The van der Waals surface area contributed by atoms with Crippen LogP contribution in [0.4, 0.5) is 0 Å². The Morgan fingerprint density at radius 1 is 1.28 bits per heavy atom. The standard InChI is InChI=1S/C14H14O4/c1-8(2)3-4-9-10-7-12(16)14(17)18-13(10)6-5-11(9)15/h3,5-7,15-16H,4H2,1-2H3. The molecule has 0 unspecified atom stereocenters. The van der Waals surface area contributed by atoms with E-state index in [9.17, 15) is 15.0 Å². The number of fused-ring (bicyclic) bond motifs is 1. The first-order valence-corrected chi connectivity index (χ1v) is 5.60. The van der Waals surface area contributed by atoms with E-state index in [2.05, 4.69) is 0 Å². The fourth-order valence-electron chi connectivity index (χ4n) is 1.75. The van der Waals surface area contributed by atoms with Crippen LogP contribution in [0.25, 0.3) is 11.0 Å². The Labute approximate surface area is 104 Å². The van der Waals surface area contributed by atoms with E-state index in [1.807, 2.05) is 19.9 Å². The molecular weight excluding hydrogens is 232 g/mol. The minimum Gasteiger partial charge on any atom is -0.508 e. The van der Waals surface area contributed by atoms with Crippen molar-refractivity contribution in [2.45, 2.75) is 20.3 Å². The zero-order valence-electron chi connectivity index (χ0n) is 10.2. The van der Waals surface area contributed by atoms with E-state index in [0.717, 1.165) is 5.57 Å². The summed E-state index contributed by atoms with van der Waals surface area (Å²) < 4.78 is 4.96. The van der Waals surface area contributed by atoms with Crippen molar-refractivity contribution in [3.05, 3.63) is 45.8 Å². The van der Waals surface area contributed by atoms with Gasteiger partial charge >= 0.3 is 5.63 Å². The molecule has 2 rings (SSSR count). The van der Waals surface area contributed by atoms with Crippen LogP contribution < -0.4 is 5.63 Å². The van der Waals surface area contributed by atoms with Gasteiger partial charge in [-0.05, 0) is 38.5 Å². The zero-order valence-corrected chi connectivity index (χ0v) is 10.2. The smallest absolute Gasteiger partial charge is 0.378 e. The number of phenolic OH excluding ortho intramolecular Hbond substituents is 1. The highest BCUT2D eigenvalue weighted by atomic mass is 16.4. The van der Waals surface area contributed by atoms with Crippen LogP contribution in [0.5, 0.6) is 11.5 Å². The summed E-state index contributed by atoms with van der Waals surface area (Å²) in [6, 6.07) is 4.32. The van der Waals surface area contributed by atoms with E-state index in [1.54, 1.807) is 0 Å². The number of benzene rings is 1. The topological polar surface area (TPSA) is 70.7 Å². The fraction of sp³-hybridized carbons (Fsp3) is 0.214. The molecule has 0 bridgehead atoms. The summed E-state index contributed by atoms with van der Waals surface area (Å²) in [5.41, 5.74) is 1.33. The predicted molar refractivity (Wildman–Crippen MR) is 68.9 cm³/mol. The molecule has 0 saturated carbocycles. The molecule has 0 aliphatic rings. The van der Waals surface area contributed by atoms with Crippen LogP contribution >= 0.6 is 0 Å². The Balaban J connectivity index is 2.70. The minimum absolute atomic E-state index is 0.119. The van der Waals surface area contributed by atoms with Gasteiger partial charge < -0.3 is 14.6 Å². The molecule has 0 atom stereocenters. The Bertz CT molecular complexity index is 676. The van der Waals surface area contributed by atoms with E-state index < -0.39 is 11.4 Å². The SMILES string of the molecule is CC(C)=CCc1c(O)ccc2oc(=O)c(O)cc12. The van der Waals surface area contributed by atoms with E-state index >= 15 is 0 Å². The first-order valence-electron chi connectivity index (χ1n) is 5.60. The van der Waals surface area contributed by atoms with Crippen molar-refractivity contribution in [3.8, 4) is 11.5 Å². The van der Waals surface area contributed by atoms with E-state index in [4.69, 9.17) is 4.42 Å². The second-order valence-electron chi connectivity index (χ2n) is 4.38. The Morgan fingerprint density at radius 2 is 2.00 bits per heavy atom. The summed E-state index contributed by atoms with van der Waals surface area (Å²) >= 11 is 0. The van der Waals surface area contributed by atoms with Gasteiger partial charge in [0.25, 0.3) is 0 Å². The number of hydrogen-bond donors (Lipinski definition) is 2. The molecule has 1 aromatic heterocycles. The molecule has 94 valence electrons. The van der Waals surface area contributed by atoms with Crippen LogP contribution in [-0.4, -0.2) is 10.2 Å². The number of aromatic hydroxyl groups is 2. The molecule has 0 aliphatic carbocycles. The van der Waals surface area contributed by atoms with Crippen molar-refractivity contribution in [1.82, 2.24) is 0 Å². The quantitative estimate of drug-likeness (QED) is 0.631. The summed E-state index contributed by atoms with van der Waals surface area (Å²) in [5.74, 6) is -0.334. The van der Waals surface area contributed by atoms with Gasteiger partial charge in [-0.15, -0.1) is 0 Å². The maximum Gasteiger partial charge on any atom is 0.378 e. The van der Waals surface area contributed by atoms with Crippen LogP contribution in [-0.2, 0) is 6.42 Å². The number of rotatable bonds is 2. The monoisotopic (exact) mass is 246 g/mol. The lowest BCUT2D eigenvalue weighted by Gasteiger charge is -2.06.